The van der Waals surface area contributed by atoms with Gasteiger partial charge < -0.3 is 59.3 Å². The number of fused-ring (bicyclic) bond motifs is 3. The lowest BCUT2D eigenvalue weighted by atomic mass is 9.78. The monoisotopic (exact) mass is 1620 g/mol. The molecule has 16 atom stereocenters. The van der Waals surface area contributed by atoms with Crippen molar-refractivity contribution in [3.63, 3.8) is 0 Å². The maximum Gasteiger partial charge on any atom is 0.340 e. The number of carbonyl (C=O) groups excluding carboxylic acids is 9. The van der Waals surface area contributed by atoms with Crippen molar-refractivity contribution in [3.05, 3.63) is 63.9 Å². The van der Waals surface area contributed by atoms with Crippen LogP contribution in [0, 0.1) is 52.1 Å². The quantitative estimate of drug-likeness (QED) is 0.0358. The van der Waals surface area contributed by atoms with Gasteiger partial charge in [0.2, 0.25) is 17.6 Å². The van der Waals surface area contributed by atoms with E-state index in [4.69, 9.17) is 28.4 Å². The molecule has 512 valence electrons. The van der Waals surface area contributed by atoms with E-state index < -0.39 is 108 Å². The maximum absolute atomic E-state index is 14.7. The van der Waals surface area contributed by atoms with Gasteiger partial charge in [-0.2, -0.15) is 0 Å². The predicted octanol–water partition coefficient (Wildman–Crippen LogP) is 10.5. The molecule has 1 aromatic carbocycles. The second-order valence-corrected chi connectivity index (χ2v) is 29.0. The lowest BCUT2D eigenvalue weighted by Crippen LogP contribution is -2.61. The molecule has 0 spiro atoms. The van der Waals surface area contributed by atoms with Gasteiger partial charge >= 0.3 is 17.9 Å². The van der Waals surface area contributed by atoms with E-state index in [9.17, 15) is 58.5 Å². The van der Waals surface area contributed by atoms with E-state index in [0.717, 1.165) is 10.5 Å². The van der Waals surface area contributed by atoms with E-state index >= 15 is 0 Å². The normalized spacial score (nSPS) is 32.1. The van der Waals surface area contributed by atoms with Crippen molar-refractivity contribution in [3.8, 4) is 0 Å². The van der Waals surface area contributed by atoms with Crippen LogP contribution in [0.3, 0.4) is 0 Å². The maximum atomic E-state index is 14.7. The van der Waals surface area contributed by atoms with E-state index in [0.29, 0.717) is 85.4 Å². The van der Waals surface area contributed by atoms with Crippen molar-refractivity contribution in [1.29, 1.82) is 0 Å². The average Bonchev–Trinajstić information content (AvgIpc) is 0.784. The van der Waals surface area contributed by atoms with Gasteiger partial charge in [-0.25, -0.2) is 9.59 Å². The molecule has 1 aromatic rings. The molecular formula is C68H96I3N3O18. The van der Waals surface area contributed by atoms with Crippen molar-refractivity contribution < 1.29 is 86.9 Å². The van der Waals surface area contributed by atoms with E-state index in [1.807, 2.05) is 126 Å². The summed E-state index contributed by atoms with van der Waals surface area (Å²) < 4.78 is 37.2. The van der Waals surface area contributed by atoms with Crippen molar-refractivity contribution in [2.45, 2.75) is 220 Å². The van der Waals surface area contributed by atoms with E-state index in [1.54, 1.807) is 40.9 Å². The summed E-state index contributed by atoms with van der Waals surface area (Å²) >= 11 is 5.85. The summed E-state index contributed by atoms with van der Waals surface area (Å²) in [7, 11) is 3.08. The van der Waals surface area contributed by atoms with Crippen molar-refractivity contribution in [2.75, 3.05) is 38.0 Å². The van der Waals surface area contributed by atoms with Crippen LogP contribution in [-0.4, -0.2) is 155 Å². The number of nitrogens with zero attached hydrogens (tertiary/aromatic N) is 1. The van der Waals surface area contributed by atoms with Gasteiger partial charge in [0.1, 0.15) is 29.8 Å². The number of allylic oxidation sites excluding steroid dienone is 6. The Balaban J connectivity index is 1.30. The number of Topliss-reactive ketones (excluding diaryl/α,β-unsaturated/α-hetero) is 3. The molecule has 24 heteroatoms. The molecule has 5 N–H and O–H groups in total. The van der Waals surface area contributed by atoms with Crippen LogP contribution in [-0.2, 0) is 66.8 Å². The fourth-order valence-corrected chi connectivity index (χ4v) is 16.9. The number of carbonyl (C=O) groups is 9. The Labute approximate surface area is 582 Å². The number of methoxy groups -OCH3 is 2. The minimum atomic E-state index is -2.49. The molecule has 92 heavy (non-hydrogen) atoms. The number of piperidine rings is 1. The summed E-state index contributed by atoms with van der Waals surface area (Å²) in [4.78, 5) is 124. The molecule has 0 aromatic heterocycles. The third-order valence-corrected chi connectivity index (χ3v) is 21.6. The molecule has 21 nitrogen and oxygen atoms in total. The standard InChI is InChI=1S/C68H96I3N3O18/c1-36-18-14-13-15-19-37(2)52(87-11)34-48-24-21-42(7)68(86,92-48)64(82)65(83)74-28-17-16-20-49(74)66(84)91-53(35-50(78)38(3)31-41(6)63(81)43(8)62(80)40(5)30-36)39(4)32-46-22-25-51(54(33-46)88-12)90-55(79)26-23-47(77)27-29-89-67(85)56-57(69)60(72-44(9)75)59(71)61(58(56)70)73-45(10)76/h13-15,18-19,31,36,38-40,42-43,46-49,51-54,63,77,81,86H,16-17,20-30,32-35H2,1-12H3,(H,72,75)(H,73,76)/b15-13+,18-14+,37-19+,41-31+/t36-,38-,39-,40-,42-,43+,46+,47?,48+,49+,51-,52+,53+,54-,63-,68-/m1/s1. The largest absolute Gasteiger partial charge is 0.462 e. The first kappa shape index (κ1) is 78.7. The van der Waals surface area contributed by atoms with Crippen molar-refractivity contribution >= 4 is 132 Å². The molecule has 3 fully saturated rings. The molecule has 3 heterocycles. The number of benzene rings is 1. The molecule has 3 aliphatic heterocycles. The van der Waals surface area contributed by atoms with Gasteiger partial charge in [0.25, 0.3) is 11.7 Å². The number of amides is 3. The van der Waals surface area contributed by atoms with Crippen LogP contribution >= 0.6 is 67.8 Å². The Kier molecular flexibility index (Phi) is 31.5. The minimum absolute atomic E-state index is 0.0000405. The van der Waals surface area contributed by atoms with E-state index in [-0.39, 0.29) is 98.4 Å². The highest BCUT2D eigenvalue weighted by Crippen LogP contribution is 2.41. The number of esters is 3. The first-order valence-corrected chi connectivity index (χ1v) is 35.3. The highest BCUT2D eigenvalue weighted by Gasteiger charge is 2.53. The highest BCUT2D eigenvalue weighted by molar-refractivity contribution is 14.1. The number of rotatable bonds is 15. The average molecular weight is 1620 g/mol. The lowest BCUT2D eigenvalue weighted by molar-refractivity contribution is -0.265. The van der Waals surface area contributed by atoms with Crippen LogP contribution < -0.4 is 10.6 Å². The minimum Gasteiger partial charge on any atom is -0.462 e. The topological polar surface area (TPSA) is 297 Å². The van der Waals surface area contributed by atoms with Crippen LogP contribution in [0.25, 0.3) is 0 Å². The highest BCUT2D eigenvalue weighted by atomic mass is 127. The van der Waals surface area contributed by atoms with Gasteiger partial charge in [-0.15, -0.1) is 0 Å². The Morgan fingerprint density at radius 3 is 2.10 bits per heavy atom. The molecule has 1 aliphatic carbocycles. The van der Waals surface area contributed by atoms with E-state index in [2.05, 4.69) is 10.6 Å². The Hall–Kier alpha value is -4.04. The Morgan fingerprint density at radius 2 is 1.47 bits per heavy atom. The zero-order chi connectivity index (χ0) is 68.5. The zero-order valence-electron chi connectivity index (χ0n) is 55.2. The number of cyclic esters (lactones) is 1. The van der Waals surface area contributed by atoms with E-state index in [1.165, 1.54) is 21.0 Å². The first-order chi connectivity index (χ1) is 43.3. The van der Waals surface area contributed by atoms with Crippen LogP contribution in [0.5, 0.6) is 0 Å². The van der Waals surface area contributed by atoms with Gasteiger partial charge in [-0.3, -0.25) is 33.6 Å². The number of hydrogen-bond donors (Lipinski definition) is 5. The summed E-state index contributed by atoms with van der Waals surface area (Å²) in [6.07, 6.45) is 10.0. The Bertz CT molecular complexity index is 2910. The fraction of sp³-hybridized carbons (Fsp3) is 0.662. The summed E-state index contributed by atoms with van der Waals surface area (Å²) in [6.45, 7) is 16.8. The van der Waals surface area contributed by atoms with Gasteiger partial charge in [-0.1, -0.05) is 78.0 Å². The molecule has 3 amide bonds. The van der Waals surface area contributed by atoms with Crippen LogP contribution in [0.2, 0.25) is 0 Å². The number of halogens is 3. The van der Waals surface area contributed by atoms with Gasteiger partial charge in [0.05, 0.1) is 64.8 Å². The predicted molar refractivity (Wildman–Crippen MR) is 371 cm³/mol. The molecule has 1 unspecified atom stereocenters. The number of aliphatic hydroxyl groups excluding tert-OH is 2. The fourth-order valence-electron chi connectivity index (χ4n) is 12.7. The smallest absolute Gasteiger partial charge is 0.340 e. The van der Waals surface area contributed by atoms with Crippen molar-refractivity contribution in [2.24, 2.45) is 41.4 Å². The molecule has 5 rings (SSSR count). The number of ketones is 3. The van der Waals surface area contributed by atoms with Crippen LogP contribution in [0.15, 0.2) is 47.6 Å². The van der Waals surface area contributed by atoms with Crippen LogP contribution in [0.4, 0.5) is 11.4 Å². The van der Waals surface area contributed by atoms with Gasteiger partial charge in [-0.05, 0) is 181 Å². The second-order valence-electron chi connectivity index (χ2n) is 25.7. The third-order valence-electron chi connectivity index (χ3n) is 18.3. The lowest BCUT2D eigenvalue weighted by Gasteiger charge is -2.42. The SMILES string of the molecule is CO[C@H]1C[C@@H]2CC[C@@H](C)[C@@](O)(O2)C(=O)C(=O)N2CCCC[C@H]2C(=O)O[C@H]([C@H](C)C[C@@H]2CC[C@@H](OC(=O)CCC(O)CCOC(=O)c3c(I)c(NC(C)=O)c(I)c(NC(C)=O)c3I)[C@H](OC)C2)CC(=O)[C@H](C)/C=C(\C)[C@@H](O)[C@@H](C)C(=O)[C@H](C)C[C@H](C)/C=C/C=C/C=C/1C. The summed E-state index contributed by atoms with van der Waals surface area (Å²) in [5.41, 5.74) is 2.10. The zero-order valence-corrected chi connectivity index (χ0v) is 61.7. The number of aliphatic hydroxyl groups is 3. The number of hydrogen-bond acceptors (Lipinski definition) is 18. The molecule has 0 radical (unpaired) electrons. The third kappa shape index (κ3) is 21.7. The van der Waals surface area contributed by atoms with Crippen LogP contribution in [0.1, 0.15) is 176 Å². The first-order valence-electron chi connectivity index (χ1n) is 32.1. The van der Waals surface area contributed by atoms with Crippen molar-refractivity contribution in [1.82, 2.24) is 4.90 Å². The van der Waals surface area contributed by atoms with Gasteiger partial charge in [0, 0.05) is 84.0 Å². The number of anilines is 2. The summed E-state index contributed by atoms with van der Waals surface area (Å²) in [6, 6.07) is -1.22. The summed E-state index contributed by atoms with van der Waals surface area (Å²) in [5.74, 6) is -11.2. The number of ether oxygens (including phenoxy) is 6. The Morgan fingerprint density at radius 1 is 0.804 bits per heavy atom. The summed E-state index contributed by atoms with van der Waals surface area (Å²) in [5, 5.41) is 39.9. The number of nitrogens with one attached hydrogen (secondary N) is 2. The molecular weight excluding hydrogens is 1530 g/mol. The van der Waals surface area contributed by atoms with Gasteiger partial charge in [0.15, 0.2) is 0 Å². The molecule has 2 bridgehead atoms. The molecule has 1 saturated carbocycles. The second kappa shape index (κ2) is 36.9. The molecule has 4 aliphatic rings. The molecule has 2 saturated heterocycles.